The third-order valence-electron chi connectivity index (χ3n) is 2.52. The topological polar surface area (TPSA) is 0 Å². The van der Waals surface area contributed by atoms with Crippen molar-refractivity contribution in [2.24, 2.45) is 5.92 Å². The Morgan fingerprint density at radius 2 is 1.77 bits per heavy atom. The fourth-order valence-electron chi connectivity index (χ4n) is 1.94. The molecule has 0 aromatic rings. The van der Waals surface area contributed by atoms with E-state index in [1.54, 1.807) is 0 Å². The molecule has 2 aliphatic carbocycles. The third-order valence-corrected chi connectivity index (χ3v) is 2.52. The third kappa shape index (κ3) is 3.74. The van der Waals surface area contributed by atoms with Crippen LogP contribution in [0.15, 0.2) is 17.7 Å². The first kappa shape index (κ1) is 15.5. The fraction of sp³-hybridized carbons (Fsp3) is 0.600. The van der Waals surface area contributed by atoms with Gasteiger partial charge in [-0.05, 0) is 18.8 Å². The number of allylic oxidation sites excluding steroid dienone is 4. The number of rotatable bonds is 1. The molecule has 0 atom stereocenters. The molecule has 0 aromatic heterocycles. The summed E-state index contributed by atoms with van der Waals surface area (Å²) in [5, 5.41) is 0. The van der Waals surface area contributed by atoms with Crippen molar-refractivity contribution in [2.75, 3.05) is 0 Å². The maximum Gasteiger partial charge on any atom is 3.00 e. The largest absolute Gasteiger partial charge is 3.00 e. The monoisotopic (exact) mass is 219 g/mol. The predicted molar refractivity (Wildman–Crippen MR) is 42.5 cm³/mol. The average Bonchev–Trinajstić information content (AvgIpc) is 2.59. The smallest absolute Gasteiger partial charge is 1.00 e. The van der Waals surface area contributed by atoms with Gasteiger partial charge in [0.25, 0.3) is 0 Å². The number of halogens is 2. The van der Waals surface area contributed by atoms with Gasteiger partial charge in [0, 0.05) is 0 Å². The number of hydrogen-bond acceptors (Lipinski definition) is 0. The Morgan fingerprint density at radius 1 is 1.15 bits per heavy atom. The molecule has 3 heteroatoms. The van der Waals surface area contributed by atoms with Crippen LogP contribution in [-0.2, 0) is 21.7 Å². The van der Waals surface area contributed by atoms with Crippen molar-refractivity contribution in [1.82, 2.24) is 0 Å². The Hall–Kier alpha value is 0.0543. The second-order valence-corrected chi connectivity index (χ2v) is 3.22. The van der Waals surface area contributed by atoms with Crippen LogP contribution in [0.2, 0.25) is 0 Å². The average molecular weight is 219 g/mol. The molecule has 1 radical (unpaired) electrons. The Labute approximate surface area is 93.1 Å². The molecular weight excluding hydrogens is 206 g/mol. The van der Waals surface area contributed by atoms with Crippen molar-refractivity contribution in [3.05, 3.63) is 23.8 Å². The summed E-state index contributed by atoms with van der Waals surface area (Å²) in [6.07, 6.45) is 14.6. The van der Waals surface area contributed by atoms with Gasteiger partial charge in [-0.1, -0.05) is 12.8 Å². The van der Waals surface area contributed by atoms with E-state index in [0.29, 0.717) is 0 Å². The molecule has 0 spiro atoms. The zero-order valence-corrected chi connectivity index (χ0v) is 9.09. The first-order valence-electron chi connectivity index (χ1n) is 4.24. The van der Waals surface area contributed by atoms with Gasteiger partial charge in [-0.25, -0.2) is 11.6 Å². The number of hydrogen-bond donors (Lipinski definition) is 0. The van der Waals surface area contributed by atoms with E-state index in [1.807, 2.05) is 0 Å². The minimum Gasteiger partial charge on any atom is -1.00 e. The molecular formula is C10H13F2Ti. The second kappa shape index (κ2) is 7.46. The standard InChI is InChI=1S/C10H13.2FH.Ti/c1-2-6-9(5-1)10-7-3-4-8-10;;;/h1,5,10H,2-4,7-8H2;2*1H;/q-1;;;+3/p-2. The van der Waals surface area contributed by atoms with E-state index < -0.39 is 0 Å². The molecule has 0 aromatic carbocycles. The Kier molecular flexibility index (Phi) is 8.90. The van der Waals surface area contributed by atoms with Crippen LogP contribution in [0.1, 0.15) is 32.1 Å². The SMILES string of the molecule is [C-]1=C(C2CCCC2)C=CC1.[F-].[F-].[Ti+3]. The zero-order chi connectivity index (χ0) is 6.81. The van der Waals surface area contributed by atoms with Crippen LogP contribution >= 0.6 is 0 Å². The van der Waals surface area contributed by atoms with Gasteiger partial charge in [0.15, 0.2) is 0 Å². The summed E-state index contributed by atoms with van der Waals surface area (Å²) in [6, 6.07) is 0. The van der Waals surface area contributed by atoms with Crippen LogP contribution < -0.4 is 9.41 Å². The van der Waals surface area contributed by atoms with E-state index in [9.17, 15) is 0 Å². The van der Waals surface area contributed by atoms with Crippen molar-refractivity contribution < 1.29 is 31.1 Å². The minimum absolute atomic E-state index is 0. The summed E-state index contributed by atoms with van der Waals surface area (Å²) < 4.78 is 0. The molecule has 0 amide bonds. The van der Waals surface area contributed by atoms with Crippen molar-refractivity contribution in [3.63, 3.8) is 0 Å². The summed E-state index contributed by atoms with van der Waals surface area (Å²) in [5.41, 5.74) is 1.50. The van der Waals surface area contributed by atoms with Crippen LogP contribution in [-0.4, -0.2) is 0 Å². The van der Waals surface area contributed by atoms with Crippen LogP contribution in [0.5, 0.6) is 0 Å². The van der Waals surface area contributed by atoms with E-state index in [0.717, 1.165) is 12.3 Å². The van der Waals surface area contributed by atoms with Gasteiger partial charge < -0.3 is 9.41 Å². The van der Waals surface area contributed by atoms with Gasteiger partial charge in [-0.3, -0.25) is 6.08 Å². The maximum absolute atomic E-state index is 3.40. The molecule has 0 unspecified atom stereocenters. The molecule has 0 saturated heterocycles. The van der Waals surface area contributed by atoms with E-state index >= 15 is 0 Å². The molecule has 13 heavy (non-hydrogen) atoms. The van der Waals surface area contributed by atoms with Gasteiger partial charge in [-0.2, -0.15) is 6.08 Å². The molecule has 0 aliphatic heterocycles. The van der Waals surface area contributed by atoms with Gasteiger partial charge in [0.05, 0.1) is 0 Å². The van der Waals surface area contributed by atoms with E-state index in [4.69, 9.17) is 0 Å². The minimum atomic E-state index is 0. The molecule has 0 N–H and O–H groups in total. The van der Waals surface area contributed by atoms with Crippen LogP contribution in [0.4, 0.5) is 0 Å². The van der Waals surface area contributed by atoms with Gasteiger partial charge in [0.1, 0.15) is 0 Å². The maximum atomic E-state index is 3.40. The summed E-state index contributed by atoms with van der Waals surface area (Å²) in [6.45, 7) is 0. The van der Waals surface area contributed by atoms with Gasteiger partial charge in [-0.15, -0.1) is 6.42 Å². The summed E-state index contributed by atoms with van der Waals surface area (Å²) >= 11 is 0. The normalized spacial score (nSPS) is 19.8. The molecule has 0 bridgehead atoms. The molecule has 2 aliphatic rings. The van der Waals surface area contributed by atoms with E-state index in [1.165, 1.54) is 31.3 Å². The molecule has 0 nitrogen and oxygen atoms in total. The summed E-state index contributed by atoms with van der Waals surface area (Å²) in [7, 11) is 0. The Bertz CT molecular complexity index is 181. The first-order valence-corrected chi connectivity index (χ1v) is 4.24. The van der Waals surface area contributed by atoms with E-state index in [-0.39, 0.29) is 31.1 Å². The Morgan fingerprint density at radius 3 is 2.23 bits per heavy atom. The first-order chi connectivity index (χ1) is 4.97. The van der Waals surface area contributed by atoms with Crippen molar-refractivity contribution >= 4 is 0 Å². The van der Waals surface area contributed by atoms with Crippen LogP contribution in [0.25, 0.3) is 0 Å². The van der Waals surface area contributed by atoms with Crippen molar-refractivity contribution in [2.45, 2.75) is 32.1 Å². The fourth-order valence-corrected chi connectivity index (χ4v) is 1.94. The van der Waals surface area contributed by atoms with Gasteiger partial charge in [0.2, 0.25) is 0 Å². The Balaban J connectivity index is 0. The van der Waals surface area contributed by atoms with Gasteiger partial charge >= 0.3 is 21.7 Å². The quantitative estimate of drug-likeness (QED) is 0.323. The zero-order valence-electron chi connectivity index (χ0n) is 7.52. The second-order valence-electron chi connectivity index (χ2n) is 3.22. The molecule has 1 saturated carbocycles. The summed E-state index contributed by atoms with van der Waals surface area (Å²) in [5.74, 6) is 0.874. The molecule has 1 fully saturated rings. The molecule has 2 rings (SSSR count). The van der Waals surface area contributed by atoms with Crippen LogP contribution in [0, 0.1) is 12.0 Å². The molecule has 0 heterocycles. The van der Waals surface area contributed by atoms with Crippen LogP contribution in [0.3, 0.4) is 0 Å². The summed E-state index contributed by atoms with van der Waals surface area (Å²) in [4.78, 5) is 0. The molecule has 71 valence electrons. The predicted octanol–water partition coefficient (Wildman–Crippen LogP) is -3.13. The van der Waals surface area contributed by atoms with E-state index in [2.05, 4.69) is 18.2 Å². The van der Waals surface area contributed by atoms with Crippen molar-refractivity contribution in [3.8, 4) is 0 Å². The van der Waals surface area contributed by atoms with Crippen molar-refractivity contribution in [1.29, 1.82) is 0 Å².